The Labute approximate surface area is 118 Å². The Morgan fingerprint density at radius 1 is 1.35 bits per heavy atom. The van der Waals surface area contributed by atoms with Gasteiger partial charge in [-0.3, -0.25) is 9.59 Å². The second kappa shape index (κ2) is 7.93. The Morgan fingerprint density at radius 2 is 2.05 bits per heavy atom. The number of rotatable bonds is 5. The average molecular weight is 277 g/mol. The van der Waals surface area contributed by atoms with E-state index in [1.54, 1.807) is 19.2 Å². The zero-order valence-electron chi connectivity index (χ0n) is 11.9. The number of likely N-dealkylation sites (N-methyl/N-ethyl adjacent to an activating group) is 1. The number of carbonyl (C=O) groups excluding carboxylic acids is 2. The maximum atomic E-state index is 11.7. The second-order valence-corrected chi connectivity index (χ2v) is 3.95. The largest absolute Gasteiger partial charge is 0.497 e. The maximum Gasteiger partial charge on any atom is 0.329 e. The van der Waals surface area contributed by atoms with Crippen molar-refractivity contribution in [2.45, 2.75) is 13.8 Å². The third kappa shape index (κ3) is 4.38. The standard InChI is InChI=1S/C14H19N3O3/c1-4-17(5-2)14(19)13(18)16-15-10-11-7-6-8-12(9-11)20-3/h6-10H,4-5H2,1-3H3,(H,16,18)/b15-10+. The van der Waals surface area contributed by atoms with Crippen LogP contribution in [0.2, 0.25) is 0 Å². The molecular formula is C14H19N3O3. The normalized spacial score (nSPS) is 10.3. The molecule has 6 heteroatoms. The van der Waals surface area contributed by atoms with Gasteiger partial charge < -0.3 is 9.64 Å². The first-order valence-electron chi connectivity index (χ1n) is 6.38. The summed E-state index contributed by atoms with van der Waals surface area (Å²) in [5.74, 6) is -0.634. The summed E-state index contributed by atoms with van der Waals surface area (Å²) >= 11 is 0. The topological polar surface area (TPSA) is 71.0 Å². The van der Waals surface area contributed by atoms with Crippen molar-refractivity contribution in [2.24, 2.45) is 5.10 Å². The van der Waals surface area contributed by atoms with Crippen LogP contribution in [-0.4, -0.2) is 43.1 Å². The van der Waals surface area contributed by atoms with Gasteiger partial charge in [-0.25, -0.2) is 5.43 Å². The van der Waals surface area contributed by atoms with Crippen LogP contribution in [0.5, 0.6) is 5.75 Å². The number of benzene rings is 1. The molecule has 1 N–H and O–H groups in total. The fourth-order valence-electron chi connectivity index (χ4n) is 1.59. The Morgan fingerprint density at radius 3 is 2.65 bits per heavy atom. The molecule has 0 atom stereocenters. The van der Waals surface area contributed by atoms with E-state index < -0.39 is 11.8 Å². The highest BCUT2D eigenvalue weighted by Crippen LogP contribution is 2.10. The van der Waals surface area contributed by atoms with Gasteiger partial charge in [0.25, 0.3) is 0 Å². The molecule has 0 radical (unpaired) electrons. The second-order valence-electron chi connectivity index (χ2n) is 3.95. The van der Waals surface area contributed by atoms with E-state index in [1.807, 2.05) is 26.0 Å². The van der Waals surface area contributed by atoms with Crippen molar-refractivity contribution in [1.29, 1.82) is 0 Å². The molecule has 20 heavy (non-hydrogen) atoms. The Bertz CT molecular complexity index is 496. The van der Waals surface area contributed by atoms with Crippen LogP contribution in [0, 0.1) is 0 Å². The highest BCUT2D eigenvalue weighted by atomic mass is 16.5. The molecule has 2 amide bonds. The number of nitrogens with one attached hydrogen (secondary N) is 1. The van der Waals surface area contributed by atoms with E-state index in [0.717, 1.165) is 5.56 Å². The van der Waals surface area contributed by atoms with Gasteiger partial charge in [-0.1, -0.05) is 12.1 Å². The first kappa shape index (κ1) is 15.7. The van der Waals surface area contributed by atoms with Crippen LogP contribution in [-0.2, 0) is 9.59 Å². The number of ether oxygens (including phenoxy) is 1. The van der Waals surface area contributed by atoms with E-state index >= 15 is 0 Å². The van der Waals surface area contributed by atoms with E-state index in [9.17, 15) is 9.59 Å². The molecule has 0 heterocycles. The van der Waals surface area contributed by atoms with Crippen LogP contribution in [0.15, 0.2) is 29.4 Å². The van der Waals surface area contributed by atoms with E-state index in [4.69, 9.17) is 4.74 Å². The first-order chi connectivity index (χ1) is 9.62. The van der Waals surface area contributed by atoms with Crippen molar-refractivity contribution >= 4 is 18.0 Å². The van der Waals surface area contributed by atoms with Gasteiger partial charge >= 0.3 is 11.8 Å². The van der Waals surface area contributed by atoms with Crippen LogP contribution in [0.1, 0.15) is 19.4 Å². The summed E-state index contributed by atoms with van der Waals surface area (Å²) in [6.45, 7) is 4.60. The Hall–Kier alpha value is -2.37. The highest BCUT2D eigenvalue weighted by molar-refractivity contribution is 6.34. The fraction of sp³-hybridized carbons (Fsp3) is 0.357. The predicted octanol–water partition coefficient (Wildman–Crippen LogP) is 1.01. The van der Waals surface area contributed by atoms with Gasteiger partial charge in [0.1, 0.15) is 5.75 Å². The molecule has 0 bridgehead atoms. The van der Waals surface area contributed by atoms with Crippen molar-refractivity contribution in [3.8, 4) is 5.75 Å². The van der Waals surface area contributed by atoms with E-state index in [0.29, 0.717) is 18.8 Å². The molecule has 6 nitrogen and oxygen atoms in total. The number of nitrogens with zero attached hydrogens (tertiary/aromatic N) is 2. The summed E-state index contributed by atoms with van der Waals surface area (Å²) in [6.07, 6.45) is 1.45. The van der Waals surface area contributed by atoms with Gasteiger partial charge in [0.05, 0.1) is 13.3 Å². The number of hydrogen-bond donors (Lipinski definition) is 1. The SMILES string of the molecule is CCN(CC)C(=O)C(=O)N/N=C/c1cccc(OC)c1. The molecule has 1 rings (SSSR count). The molecule has 0 spiro atoms. The molecule has 0 aromatic heterocycles. The van der Waals surface area contributed by atoms with E-state index in [-0.39, 0.29) is 0 Å². The van der Waals surface area contributed by atoms with Gasteiger partial charge in [-0.2, -0.15) is 5.10 Å². The fourth-order valence-corrected chi connectivity index (χ4v) is 1.59. The molecule has 0 saturated carbocycles. The van der Waals surface area contributed by atoms with Crippen LogP contribution >= 0.6 is 0 Å². The minimum absolute atomic E-state index is 0.488. The summed E-state index contributed by atoms with van der Waals surface area (Å²) in [5.41, 5.74) is 2.98. The molecule has 0 aliphatic rings. The van der Waals surface area contributed by atoms with E-state index in [1.165, 1.54) is 11.1 Å². The monoisotopic (exact) mass is 277 g/mol. The quantitative estimate of drug-likeness (QED) is 0.496. The lowest BCUT2D eigenvalue weighted by molar-refractivity contribution is -0.145. The van der Waals surface area contributed by atoms with Gasteiger partial charge in [0.2, 0.25) is 0 Å². The highest BCUT2D eigenvalue weighted by Gasteiger charge is 2.18. The van der Waals surface area contributed by atoms with Crippen LogP contribution in [0.4, 0.5) is 0 Å². The maximum absolute atomic E-state index is 11.7. The molecular weight excluding hydrogens is 258 g/mol. The molecule has 1 aromatic carbocycles. The van der Waals surface area contributed by atoms with Crippen molar-refractivity contribution < 1.29 is 14.3 Å². The Kier molecular flexibility index (Phi) is 6.22. The third-order valence-corrected chi connectivity index (χ3v) is 2.72. The van der Waals surface area contributed by atoms with Crippen molar-refractivity contribution in [3.05, 3.63) is 29.8 Å². The van der Waals surface area contributed by atoms with Crippen molar-refractivity contribution in [3.63, 3.8) is 0 Å². The van der Waals surface area contributed by atoms with Crippen LogP contribution in [0.25, 0.3) is 0 Å². The Balaban J connectivity index is 2.59. The van der Waals surface area contributed by atoms with E-state index in [2.05, 4.69) is 10.5 Å². The molecule has 0 fully saturated rings. The van der Waals surface area contributed by atoms with Gasteiger partial charge in [-0.15, -0.1) is 0 Å². The predicted molar refractivity (Wildman–Crippen MR) is 76.7 cm³/mol. The van der Waals surface area contributed by atoms with Gasteiger partial charge in [0.15, 0.2) is 0 Å². The lowest BCUT2D eigenvalue weighted by Gasteiger charge is -2.16. The molecule has 1 aromatic rings. The molecule has 108 valence electrons. The van der Waals surface area contributed by atoms with Gasteiger partial charge in [0, 0.05) is 13.1 Å². The van der Waals surface area contributed by atoms with Crippen LogP contribution in [0.3, 0.4) is 0 Å². The summed E-state index contributed by atoms with van der Waals surface area (Å²) < 4.78 is 5.07. The number of carbonyl (C=O) groups is 2. The number of methoxy groups -OCH3 is 1. The summed E-state index contributed by atoms with van der Waals surface area (Å²) in [4.78, 5) is 24.7. The number of hydrogen-bond acceptors (Lipinski definition) is 4. The lowest BCUT2D eigenvalue weighted by Crippen LogP contribution is -2.41. The van der Waals surface area contributed by atoms with Crippen LogP contribution < -0.4 is 10.2 Å². The zero-order chi connectivity index (χ0) is 15.0. The molecule has 0 aliphatic carbocycles. The lowest BCUT2D eigenvalue weighted by atomic mass is 10.2. The number of amides is 2. The molecule has 0 saturated heterocycles. The minimum Gasteiger partial charge on any atom is -0.497 e. The van der Waals surface area contributed by atoms with Crippen molar-refractivity contribution in [2.75, 3.05) is 20.2 Å². The molecule has 0 aliphatic heterocycles. The van der Waals surface area contributed by atoms with Gasteiger partial charge in [-0.05, 0) is 31.5 Å². The number of hydrazone groups is 1. The summed E-state index contributed by atoms with van der Waals surface area (Å²) in [5, 5.41) is 3.76. The third-order valence-electron chi connectivity index (χ3n) is 2.72. The summed E-state index contributed by atoms with van der Waals surface area (Å²) in [6, 6.07) is 7.19. The zero-order valence-corrected chi connectivity index (χ0v) is 11.9. The smallest absolute Gasteiger partial charge is 0.329 e. The van der Waals surface area contributed by atoms with Crippen molar-refractivity contribution in [1.82, 2.24) is 10.3 Å². The minimum atomic E-state index is -0.743. The average Bonchev–Trinajstić information content (AvgIpc) is 2.48. The summed E-state index contributed by atoms with van der Waals surface area (Å²) in [7, 11) is 1.57. The molecule has 0 unspecified atom stereocenters. The first-order valence-corrected chi connectivity index (χ1v) is 6.38.